The van der Waals surface area contributed by atoms with E-state index in [1.807, 2.05) is 19.1 Å². The Morgan fingerprint density at radius 2 is 2.04 bits per heavy atom. The Hall–Kier alpha value is -2.16. The first-order chi connectivity index (χ1) is 12.4. The summed E-state index contributed by atoms with van der Waals surface area (Å²) in [5, 5.41) is 0.864. The summed E-state index contributed by atoms with van der Waals surface area (Å²) < 4.78 is 40.6. The van der Waals surface area contributed by atoms with Crippen LogP contribution in [0, 0.1) is 19.7 Å². The third-order valence-corrected chi connectivity index (χ3v) is 6.76. The Balaban J connectivity index is 1.69. The maximum atomic E-state index is 13.2. The standard InChI is InChI=1S/C18H18FN3O2S2/c1-12-10-15(19)5-6-17(12)26(23,24)21-9-7-16-13(2)22-18(25-16)14-4-3-8-20-11-14/h3-6,8,10-11,21H,7,9H2,1-2H3. The third kappa shape index (κ3) is 4.14. The number of sulfonamides is 1. The fraction of sp³-hybridized carbons (Fsp3) is 0.222. The molecule has 0 aliphatic carbocycles. The van der Waals surface area contributed by atoms with E-state index in [-0.39, 0.29) is 11.4 Å². The number of hydrogen-bond acceptors (Lipinski definition) is 5. The Labute approximate surface area is 156 Å². The van der Waals surface area contributed by atoms with Crippen molar-refractivity contribution >= 4 is 21.4 Å². The highest BCUT2D eigenvalue weighted by molar-refractivity contribution is 7.89. The van der Waals surface area contributed by atoms with Crippen LogP contribution in [-0.4, -0.2) is 24.9 Å². The SMILES string of the molecule is Cc1cc(F)ccc1S(=O)(=O)NCCc1sc(-c2cccnc2)nc1C. The van der Waals surface area contributed by atoms with Gasteiger partial charge in [0.2, 0.25) is 10.0 Å². The predicted octanol–water partition coefficient (Wildman–Crippen LogP) is 3.48. The van der Waals surface area contributed by atoms with Gasteiger partial charge in [0.25, 0.3) is 0 Å². The zero-order chi connectivity index (χ0) is 18.7. The molecule has 0 radical (unpaired) electrons. The smallest absolute Gasteiger partial charge is 0.240 e. The molecule has 0 atom stereocenters. The summed E-state index contributed by atoms with van der Waals surface area (Å²) >= 11 is 1.53. The summed E-state index contributed by atoms with van der Waals surface area (Å²) in [6.07, 6.45) is 3.99. The van der Waals surface area contributed by atoms with Crippen molar-refractivity contribution in [2.45, 2.75) is 25.2 Å². The number of pyridine rings is 1. The third-order valence-electron chi connectivity index (χ3n) is 3.87. The van der Waals surface area contributed by atoms with E-state index < -0.39 is 15.8 Å². The summed E-state index contributed by atoms with van der Waals surface area (Å²) in [5.74, 6) is -0.454. The molecule has 3 aromatic rings. The van der Waals surface area contributed by atoms with E-state index in [1.165, 1.54) is 23.5 Å². The molecule has 1 N–H and O–H groups in total. The minimum Gasteiger partial charge on any atom is -0.264 e. The van der Waals surface area contributed by atoms with Crippen molar-refractivity contribution in [2.75, 3.05) is 6.54 Å². The molecule has 0 aliphatic heterocycles. The number of rotatable bonds is 6. The van der Waals surface area contributed by atoms with Gasteiger partial charge in [0.15, 0.2) is 0 Å². The lowest BCUT2D eigenvalue weighted by atomic mass is 10.2. The summed E-state index contributed by atoms with van der Waals surface area (Å²) in [6.45, 7) is 3.73. The Morgan fingerprint density at radius 1 is 1.23 bits per heavy atom. The van der Waals surface area contributed by atoms with E-state index in [0.717, 1.165) is 27.2 Å². The van der Waals surface area contributed by atoms with E-state index in [9.17, 15) is 12.8 Å². The molecule has 2 aromatic heterocycles. The number of nitrogens with one attached hydrogen (secondary N) is 1. The van der Waals surface area contributed by atoms with E-state index in [2.05, 4.69) is 14.7 Å². The predicted molar refractivity (Wildman–Crippen MR) is 100 cm³/mol. The first-order valence-corrected chi connectivity index (χ1v) is 10.3. The van der Waals surface area contributed by atoms with Crippen molar-refractivity contribution in [3.63, 3.8) is 0 Å². The Bertz CT molecular complexity index is 1020. The van der Waals surface area contributed by atoms with Crippen LogP contribution in [0.15, 0.2) is 47.6 Å². The minimum absolute atomic E-state index is 0.0935. The van der Waals surface area contributed by atoms with E-state index >= 15 is 0 Å². The van der Waals surface area contributed by atoms with Gasteiger partial charge in [-0.15, -0.1) is 11.3 Å². The first-order valence-electron chi connectivity index (χ1n) is 7.99. The fourth-order valence-corrected chi connectivity index (χ4v) is 4.87. The lowest BCUT2D eigenvalue weighted by molar-refractivity contribution is 0.580. The molecule has 8 heteroatoms. The molecule has 0 amide bonds. The number of thiazole rings is 1. The summed E-state index contributed by atoms with van der Waals surface area (Å²) in [7, 11) is -3.68. The normalized spacial score (nSPS) is 11.7. The van der Waals surface area contributed by atoms with Crippen LogP contribution < -0.4 is 4.72 Å². The molecule has 136 valence electrons. The molecule has 2 heterocycles. The zero-order valence-electron chi connectivity index (χ0n) is 14.4. The lowest BCUT2D eigenvalue weighted by Crippen LogP contribution is -2.26. The van der Waals surface area contributed by atoms with Crippen LogP contribution in [0.2, 0.25) is 0 Å². The summed E-state index contributed by atoms with van der Waals surface area (Å²) in [4.78, 5) is 9.74. The highest BCUT2D eigenvalue weighted by Gasteiger charge is 2.17. The van der Waals surface area contributed by atoms with Gasteiger partial charge in [-0.05, 0) is 56.2 Å². The molecule has 26 heavy (non-hydrogen) atoms. The van der Waals surface area contributed by atoms with Crippen molar-refractivity contribution in [1.82, 2.24) is 14.7 Å². The van der Waals surface area contributed by atoms with Crippen molar-refractivity contribution in [2.24, 2.45) is 0 Å². The van der Waals surface area contributed by atoms with Crippen molar-refractivity contribution in [1.29, 1.82) is 0 Å². The van der Waals surface area contributed by atoms with Crippen molar-refractivity contribution < 1.29 is 12.8 Å². The van der Waals surface area contributed by atoms with Crippen LogP contribution in [0.3, 0.4) is 0 Å². The lowest BCUT2D eigenvalue weighted by Gasteiger charge is -2.09. The fourth-order valence-electron chi connectivity index (χ4n) is 2.56. The molecule has 0 spiro atoms. The van der Waals surface area contributed by atoms with Gasteiger partial charge in [-0.3, -0.25) is 4.98 Å². The van der Waals surface area contributed by atoms with Gasteiger partial charge in [0, 0.05) is 29.4 Å². The molecule has 3 rings (SSSR count). The van der Waals surface area contributed by atoms with Crippen molar-refractivity contribution in [3.05, 3.63) is 64.7 Å². The van der Waals surface area contributed by atoms with Crippen LogP contribution in [0.1, 0.15) is 16.1 Å². The van der Waals surface area contributed by atoms with Crippen LogP contribution in [0.4, 0.5) is 4.39 Å². The van der Waals surface area contributed by atoms with Gasteiger partial charge in [-0.1, -0.05) is 0 Å². The van der Waals surface area contributed by atoms with Gasteiger partial charge >= 0.3 is 0 Å². The maximum absolute atomic E-state index is 13.2. The second kappa shape index (κ2) is 7.61. The minimum atomic E-state index is -3.68. The second-order valence-electron chi connectivity index (χ2n) is 5.83. The zero-order valence-corrected chi connectivity index (χ0v) is 16.0. The average molecular weight is 391 g/mol. The molecule has 0 saturated carbocycles. The summed E-state index contributed by atoms with van der Waals surface area (Å²) in [5.41, 5.74) is 2.20. The molecule has 5 nitrogen and oxygen atoms in total. The number of halogens is 1. The van der Waals surface area contributed by atoms with Crippen LogP contribution in [0.25, 0.3) is 10.6 Å². The highest BCUT2D eigenvalue weighted by atomic mass is 32.2. The Kier molecular flexibility index (Phi) is 5.45. The molecule has 0 unspecified atom stereocenters. The first kappa shape index (κ1) is 18.6. The molecule has 0 saturated heterocycles. The van der Waals surface area contributed by atoms with Crippen LogP contribution in [-0.2, 0) is 16.4 Å². The van der Waals surface area contributed by atoms with Crippen LogP contribution >= 0.6 is 11.3 Å². The Morgan fingerprint density at radius 3 is 2.73 bits per heavy atom. The summed E-state index contributed by atoms with van der Waals surface area (Å²) in [6, 6.07) is 7.43. The second-order valence-corrected chi connectivity index (χ2v) is 8.65. The van der Waals surface area contributed by atoms with Gasteiger partial charge in [-0.2, -0.15) is 0 Å². The number of hydrogen-bond donors (Lipinski definition) is 1. The van der Waals surface area contributed by atoms with E-state index in [0.29, 0.717) is 12.0 Å². The highest BCUT2D eigenvalue weighted by Crippen LogP contribution is 2.27. The monoisotopic (exact) mass is 391 g/mol. The van der Waals surface area contributed by atoms with Crippen molar-refractivity contribution in [3.8, 4) is 10.6 Å². The van der Waals surface area contributed by atoms with Gasteiger partial charge in [0.05, 0.1) is 10.6 Å². The average Bonchev–Trinajstić information content (AvgIpc) is 2.96. The molecule has 1 aromatic carbocycles. The maximum Gasteiger partial charge on any atom is 0.240 e. The number of benzene rings is 1. The number of nitrogens with zero attached hydrogens (tertiary/aromatic N) is 2. The van der Waals surface area contributed by atoms with Gasteiger partial charge < -0.3 is 0 Å². The van der Waals surface area contributed by atoms with Gasteiger partial charge in [-0.25, -0.2) is 22.5 Å². The molecule has 0 aliphatic rings. The largest absolute Gasteiger partial charge is 0.264 e. The van der Waals surface area contributed by atoms with Crippen LogP contribution in [0.5, 0.6) is 0 Å². The molecular weight excluding hydrogens is 373 g/mol. The quantitative estimate of drug-likeness (QED) is 0.698. The molecule has 0 fully saturated rings. The topological polar surface area (TPSA) is 72.0 Å². The molecule has 0 bridgehead atoms. The number of aryl methyl sites for hydroxylation is 2. The van der Waals surface area contributed by atoms with E-state index in [4.69, 9.17) is 0 Å². The van der Waals surface area contributed by atoms with Gasteiger partial charge in [0.1, 0.15) is 10.8 Å². The van der Waals surface area contributed by atoms with E-state index in [1.54, 1.807) is 19.3 Å². The number of aromatic nitrogens is 2. The molecular formula is C18H18FN3O2S2.